The lowest BCUT2D eigenvalue weighted by molar-refractivity contribution is -0.140. The zero-order chi connectivity index (χ0) is 14.4. The Morgan fingerprint density at radius 2 is 2.00 bits per heavy atom. The third-order valence-electron chi connectivity index (χ3n) is 3.77. The van der Waals surface area contributed by atoms with Crippen molar-refractivity contribution in [2.45, 2.75) is 38.6 Å². The summed E-state index contributed by atoms with van der Waals surface area (Å²) in [4.78, 5) is 25.4. The average Bonchev–Trinajstić information content (AvgIpc) is 2.48. The number of nitrogens with one attached hydrogen (secondary N) is 1. The second-order valence-corrected chi connectivity index (χ2v) is 5.25. The van der Waals surface area contributed by atoms with Crippen molar-refractivity contribution >= 4 is 11.8 Å². The van der Waals surface area contributed by atoms with Gasteiger partial charge in [-0.15, -0.1) is 0 Å². The average molecular weight is 274 g/mol. The van der Waals surface area contributed by atoms with Gasteiger partial charge in [0.2, 0.25) is 11.8 Å². The lowest BCUT2D eigenvalue weighted by atomic mass is 10.0. The van der Waals surface area contributed by atoms with Gasteiger partial charge in [-0.3, -0.25) is 9.59 Å². The molecule has 0 aliphatic carbocycles. The number of carbonyl (C=O) groups excluding carboxylic acids is 2. The fourth-order valence-corrected chi connectivity index (χ4v) is 2.67. The van der Waals surface area contributed by atoms with Gasteiger partial charge < -0.3 is 10.2 Å². The van der Waals surface area contributed by atoms with Crippen molar-refractivity contribution in [3.05, 3.63) is 35.9 Å². The summed E-state index contributed by atoms with van der Waals surface area (Å²) in [5, 5.41) is 2.95. The normalized spacial score (nSPS) is 18.6. The van der Waals surface area contributed by atoms with Crippen LogP contribution in [-0.4, -0.2) is 35.8 Å². The molecule has 1 fully saturated rings. The molecule has 1 N–H and O–H groups in total. The summed E-state index contributed by atoms with van der Waals surface area (Å²) in [7, 11) is 0. The fraction of sp³-hybridized carbons (Fsp3) is 0.500. The molecular formula is C16H22N2O2. The minimum absolute atomic E-state index is 0.00657. The Morgan fingerprint density at radius 3 is 2.70 bits per heavy atom. The molecule has 0 saturated carbocycles. The second-order valence-electron chi connectivity index (χ2n) is 5.25. The van der Waals surface area contributed by atoms with Crippen LogP contribution in [0.1, 0.15) is 31.7 Å². The van der Waals surface area contributed by atoms with E-state index in [1.54, 1.807) is 4.90 Å². The highest BCUT2D eigenvalue weighted by Gasteiger charge is 2.29. The van der Waals surface area contributed by atoms with E-state index in [9.17, 15) is 9.59 Å². The van der Waals surface area contributed by atoms with Gasteiger partial charge in [-0.25, -0.2) is 0 Å². The number of piperidine rings is 1. The zero-order valence-electron chi connectivity index (χ0n) is 12.0. The molecule has 2 rings (SSSR count). The van der Waals surface area contributed by atoms with E-state index in [0.717, 1.165) is 25.7 Å². The molecule has 4 nitrogen and oxygen atoms in total. The molecule has 2 amide bonds. The SMILES string of the molecule is CC(=O)N1CCCCC1C(=O)NCCc1ccccc1. The van der Waals surface area contributed by atoms with Crippen LogP contribution in [-0.2, 0) is 16.0 Å². The Morgan fingerprint density at radius 1 is 1.25 bits per heavy atom. The van der Waals surface area contributed by atoms with E-state index in [-0.39, 0.29) is 17.9 Å². The van der Waals surface area contributed by atoms with E-state index in [0.29, 0.717) is 13.1 Å². The Hall–Kier alpha value is -1.84. The van der Waals surface area contributed by atoms with E-state index in [4.69, 9.17) is 0 Å². The van der Waals surface area contributed by atoms with Crippen molar-refractivity contribution in [3.63, 3.8) is 0 Å². The first-order valence-corrected chi connectivity index (χ1v) is 7.27. The van der Waals surface area contributed by atoms with Gasteiger partial charge >= 0.3 is 0 Å². The molecule has 0 radical (unpaired) electrons. The van der Waals surface area contributed by atoms with Crippen molar-refractivity contribution in [1.29, 1.82) is 0 Å². The topological polar surface area (TPSA) is 49.4 Å². The van der Waals surface area contributed by atoms with Gasteiger partial charge in [-0.1, -0.05) is 30.3 Å². The van der Waals surface area contributed by atoms with Crippen molar-refractivity contribution < 1.29 is 9.59 Å². The maximum atomic E-state index is 12.2. The fourth-order valence-electron chi connectivity index (χ4n) is 2.67. The van der Waals surface area contributed by atoms with Gasteiger partial charge in [-0.05, 0) is 31.2 Å². The van der Waals surface area contributed by atoms with E-state index >= 15 is 0 Å². The molecule has 1 aliphatic rings. The molecule has 1 unspecified atom stereocenters. The highest BCUT2D eigenvalue weighted by molar-refractivity contribution is 5.87. The number of benzene rings is 1. The predicted octanol–water partition coefficient (Wildman–Crippen LogP) is 1.75. The Labute approximate surface area is 120 Å². The van der Waals surface area contributed by atoms with Crippen LogP contribution in [0.25, 0.3) is 0 Å². The molecule has 1 aliphatic heterocycles. The molecule has 1 aromatic rings. The van der Waals surface area contributed by atoms with Crippen molar-refractivity contribution in [3.8, 4) is 0 Å². The lowest BCUT2D eigenvalue weighted by Gasteiger charge is -2.33. The molecule has 0 bridgehead atoms. The lowest BCUT2D eigenvalue weighted by Crippen LogP contribution is -2.51. The monoisotopic (exact) mass is 274 g/mol. The van der Waals surface area contributed by atoms with Crippen LogP contribution in [0.5, 0.6) is 0 Å². The van der Waals surface area contributed by atoms with Gasteiger partial charge in [-0.2, -0.15) is 0 Å². The number of hydrogen-bond donors (Lipinski definition) is 1. The van der Waals surface area contributed by atoms with Gasteiger partial charge in [0.05, 0.1) is 0 Å². The maximum Gasteiger partial charge on any atom is 0.242 e. The summed E-state index contributed by atoms with van der Waals surface area (Å²) in [5.41, 5.74) is 1.21. The molecule has 0 spiro atoms. The van der Waals surface area contributed by atoms with Gasteiger partial charge in [0.1, 0.15) is 6.04 Å². The third-order valence-corrected chi connectivity index (χ3v) is 3.77. The summed E-state index contributed by atoms with van der Waals surface area (Å²) in [6, 6.07) is 9.79. The Bertz CT molecular complexity index is 459. The minimum Gasteiger partial charge on any atom is -0.354 e. The van der Waals surface area contributed by atoms with E-state index in [2.05, 4.69) is 17.4 Å². The molecule has 1 aromatic carbocycles. The predicted molar refractivity (Wildman–Crippen MR) is 78.2 cm³/mol. The second kappa shape index (κ2) is 7.08. The third kappa shape index (κ3) is 3.83. The van der Waals surface area contributed by atoms with Crippen molar-refractivity contribution in [2.75, 3.05) is 13.1 Å². The smallest absolute Gasteiger partial charge is 0.242 e. The van der Waals surface area contributed by atoms with Crippen LogP contribution in [0.3, 0.4) is 0 Å². The van der Waals surface area contributed by atoms with Crippen molar-refractivity contribution in [1.82, 2.24) is 10.2 Å². The zero-order valence-corrected chi connectivity index (χ0v) is 12.0. The molecule has 4 heteroatoms. The van der Waals surface area contributed by atoms with Gasteiger partial charge in [0.25, 0.3) is 0 Å². The number of amides is 2. The number of carbonyl (C=O) groups is 2. The van der Waals surface area contributed by atoms with Crippen LogP contribution in [0.2, 0.25) is 0 Å². The summed E-state index contributed by atoms with van der Waals surface area (Å²) >= 11 is 0. The molecule has 20 heavy (non-hydrogen) atoms. The Balaban J connectivity index is 1.83. The van der Waals surface area contributed by atoms with E-state index < -0.39 is 0 Å². The summed E-state index contributed by atoms with van der Waals surface area (Å²) < 4.78 is 0. The number of hydrogen-bond acceptors (Lipinski definition) is 2. The van der Waals surface area contributed by atoms with Crippen LogP contribution in [0.15, 0.2) is 30.3 Å². The quantitative estimate of drug-likeness (QED) is 0.909. The number of likely N-dealkylation sites (tertiary alicyclic amines) is 1. The van der Waals surface area contributed by atoms with Crippen LogP contribution < -0.4 is 5.32 Å². The van der Waals surface area contributed by atoms with Crippen LogP contribution >= 0.6 is 0 Å². The first-order valence-electron chi connectivity index (χ1n) is 7.27. The molecule has 1 atom stereocenters. The van der Waals surface area contributed by atoms with Crippen LogP contribution in [0, 0.1) is 0 Å². The van der Waals surface area contributed by atoms with Crippen LogP contribution in [0.4, 0.5) is 0 Å². The van der Waals surface area contributed by atoms with Crippen molar-refractivity contribution in [2.24, 2.45) is 0 Å². The van der Waals surface area contributed by atoms with Gasteiger partial charge in [0.15, 0.2) is 0 Å². The molecular weight excluding hydrogens is 252 g/mol. The van der Waals surface area contributed by atoms with E-state index in [1.165, 1.54) is 12.5 Å². The number of nitrogens with zero attached hydrogens (tertiary/aromatic N) is 1. The first-order chi connectivity index (χ1) is 9.68. The maximum absolute atomic E-state index is 12.2. The summed E-state index contributed by atoms with van der Waals surface area (Å²) in [5.74, 6) is -0.0243. The first kappa shape index (κ1) is 14.6. The van der Waals surface area contributed by atoms with E-state index in [1.807, 2.05) is 18.2 Å². The molecule has 1 heterocycles. The molecule has 0 aromatic heterocycles. The highest BCUT2D eigenvalue weighted by atomic mass is 16.2. The summed E-state index contributed by atoms with van der Waals surface area (Å²) in [6.45, 7) is 2.85. The standard InChI is InChI=1S/C16H22N2O2/c1-13(19)18-12-6-5-9-15(18)16(20)17-11-10-14-7-3-2-4-8-14/h2-4,7-8,15H,5-6,9-12H2,1H3,(H,17,20). The summed E-state index contributed by atoms with van der Waals surface area (Å²) in [6.07, 6.45) is 3.60. The molecule has 1 saturated heterocycles. The highest BCUT2D eigenvalue weighted by Crippen LogP contribution is 2.17. The number of rotatable bonds is 4. The minimum atomic E-state index is -0.281. The molecule has 108 valence electrons. The largest absolute Gasteiger partial charge is 0.354 e. The Kier molecular flexibility index (Phi) is 5.16. The van der Waals surface area contributed by atoms with Gasteiger partial charge in [0, 0.05) is 20.0 Å².